The summed E-state index contributed by atoms with van der Waals surface area (Å²) in [6, 6.07) is 5.07. The van der Waals surface area contributed by atoms with Crippen molar-refractivity contribution in [2.75, 3.05) is 12.4 Å². The number of rotatable bonds is 3. The Morgan fingerprint density at radius 1 is 1.37 bits per heavy atom. The fourth-order valence-electron chi connectivity index (χ4n) is 2.21. The van der Waals surface area contributed by atoms with Gasteiger partial charge in [0.1, 0.15) is 11.5 Å². The Balaban J connectivity index is 2.06. The summed E-state index contributed by atoms with van der Waals surface area (Å²) in [6.07, 6.45) is 2.22. The third-order valence-electron chi connectivity index (χ3n) is 3.33. The summed E-state index contributed by atoms with van der Waals surface area (Å²) < 4.78 is 5.18. The van der Waals surface area contributed by atoms with E-state index < -0.39 is 0 Å². The molecule has 19 heavy (non-hydrogen) atoms. The highest BCUT2D eigenvalue weighted by Crippen LogP contribution is 2.29. The zero-order valence-electron chi connectivity index (χ0n) is 10.7. The van der Waals surface area contributed by atoms with Crippen molar-refractivity contribution in [3.05, 3.63) is 23.2 Å². The standard InChI is InChI=1S/C14H16ClNO3/c1-19-13-7-4-10(15)8-12(13)16-14(18)9-2-5-11(17)6-3-9/h4,7-9H,2-3,5-6H2,1H3,(H,16,18). The van der Waals surface area contributed by atoms with Gasteiger partial charge in [0.05, 0.1) is 12.8 Å². The third-order valence-corrected chi connectivity index (χ3v) is 3.57. The van der Waals surface area contributed by atoms with Crippen molar-refractivity contribution < 1.29 is 14.3 Å². The first-order valence-corrected chi connectivity index (χ1v) is 6.64. The van der Waals surface area contributed by atoms with Crippen LogP contribution in [0.1, 0.15) is 25.7 Å². The van der Waals surface area contributed by atoms with Crippen LogP contribution in [0.5, 0.6) is 5.75 Å². The quantitative estimate of drug-likeness (QED) is 0.926. The highest BCUT2D eigenvalue weighted by atomic mass is 35.5. The fraction of sp³-hybridized carbons (Fsp3) is 0.429. The minimum atomic E-state index is -0.110. The lowest BCUT2D eigenvalue weighted by Crippen LogP contribution is -2.27. The van der Waals surface area contributed by atoms with Gasteiger partial charge in [-0.3, -0.25) is 9.59 Å². The molecular weight excluding hydrogens is 266 g/mol. The van der Waals surface area contributed by atoms with Crippen LogP contribution in [0.3, 0.4) is 0 Å². The van der Waals surface area contributed by atoms with Crippen LogP contribution in [0.4, 0.5) is 5.69 Å². The van der Waals surface area contributed by atoms with E-state index in [0.29, 0.717) is 42.1 Å². The first-order valence-electron chi connectivity index (χ1n) is 6.26. The maximum atomic E-state index is 12.1. The second kappa shape index (κ2) is 6.06. The van der Waals surface area contributed by atoms with Crippen LogP contribution in [0.2, 0.25) is 5.02 Å². The van der Waals surface area contributed by atoms with E-state index in [0.717, 1.165) is 0 Å². The summed E-state index contributed by atoms with van der Waals surface area (Å²) in [5, 5.41) is 3.36. The summed E-state index contributed by atoms with van der Waals surface area (Å²) in [6.45, 7) is 0. The maximum absolute atomic E-state index is 12.1. The predicted octanol–water partition coefficient (Wildman–Crippen LogP) is 3.05. The van der Waals surface area contributed by atoms with Crippen molar-refractivity contribution in [3.8, 4) is 5.75 Å². The maximum Gasteiger partial charge on any atom is 0.227 e. The van der Waals surface area contributed by atoms with Crippen molar-refractivity contribution in [1.29, 1.82) is 0 Å². The summed E-state index contributed by atoms with van der Waals surface area (Å²) in [7, 11) is 1.54. The average Bonchev–Trinajstić information content (AvgIpc) is 2.39. The van der Waals surface area contributed by atoms with Gasteiger partial charge in [-0.25, -0.2) is 0 Å². The van der Waals surface area contributed by atoms with Gasteiger partial charge >= 0.3 is 0 Å². The van der Waals surface area contributed by atoms with Crippen molar-refractivity contribution in [2.24, 2.45) is 5.92 Å². The van der Waals surface area contributed by atoms with Gasteiger partial charge in [0.15, 0.2) is 0 Å². The van der Waals surface area contributed by atoms with E-state index in [4.69, 9.17) is 16.3 Å². The zero-order valence-corrected chi connectivity index (χ0v) is 11.5. The van der Waals surface area contributed by atoms with Gasteiger partial charge in [0.25, 0.3) is 0 Å². The van der Waals surface area contributed by atoms with Crippen LogP contribution in [-0.2, 0) is 9.59 Å². The first-order chi connectivity index (χ1) is 9.10. The molecule has 0 heterocycles. The number of carbonyl (C=O) groups is 2. The van der Waals surface area contributed by atoms with Crippen molar-refractivity contribution in [1.82, 2.24) is 0 Å². The highest BCUT2D eigenvalue weighted by molar-refractivity contribution is 6.31. The molecule has 102 valence electrons. The molecule has 0 saturated heterocycles. The molecule has 1 N–H and O–H groups in total. The van der Waals surface area contributed by atoms with Gasteiger partial charge in [0.2, 0.25) is 5.91 Å². The molecule has 0 aliphatic heterocycles. The van der Waals surface area contributed by atoms with E-state index in [1.54, 1.807) is 18.2 Å². The van der Waals surface area contributed by atoms with Gasteiger partial charge in [-0.15, -0.1) is 0 Å². The minimum Gasteiger partial charge on any atom is -0.495 e. The number of methoxy groups -OCH3 is 1. The number of ether oxygens (including phenoxy) is 1. The monoisotopic (exact) mass is 281 g/mol. The second-order valence-corrected chi connectivity index (χ2v) is 5.08. The van der Waals surface area contributed by atoms with Gasteiger partial charge < -0.3 is 10.1 Å². The van der Waals surface area contributed by atoms with E-state index in [2.05, 4.69) is 5.32 Å². The molecule has 1 fully saturated rings. The summed E-state index contributed by atoms with van der Waals surface area (Å²) in [5.41, 5.74) is 0.567. The molecule has 0 bridgehead atoms. The number of nitrogens with one attached hydrogen (secondary N) is 1. The number of ketones is 1. The molecule has 1 amide bonds. The van der Waals surface area contributed by atoms with E-state index in [1.165, 1.54) is 7.11 Å². The molecule has 1 saturated carbocycles. The summed E-state index contributed by atoms with van der Waals surface area (Å²) in [4.78, 5) is 23.3. The topological polar surface area (TPSA) is 55.4 Å². The summed E-state index contributed by atoms with van der Waals surface area (Å²) >= 11 is 5.91. The smallest absolute Gasteiger partial charge is 0.227 e. The number of halogens is 1. The average molecular weight is 282 g/mol. The molecule has 4 nitrogen and oxygen atoms in total. The first kappa shape index (κ1) is 13.9. The predicted molar refractivity (Wildman–Crippen MR) is 73.6 cm³/mol. The zero-order chi connectivity index (χ0) is 13.8. The van der Waals surface area contributed by atoms with E-state index in [1.807, 2.05) is 0 Å². The Kier molecular flexibility index (Phi) is 4.43. The van der Waals surface area contributed by atoms with Crippen LogP contribution in [0.15, 0.2) is 18.2 Å². The molecule has 5 heteroatoms. The number of anilines is 1. The number of hydrogen-bond acceptors (Lipinski definition) is 3. The Hall–Kier alpha value is -1.55. The Morgan fingerprint density at radius 3 is 2.68 bits per heavy atom. The van der Waals surface area contributed by atoms with Crippen molar-refractivity contribution >= 4 is 29.0 Å². The molecule has 1 aromatic carbocycles. The molecule has 0 spiro atoms. The SMILES string of the molecule is COc1ccc(Cl)cc1NC(=O)C1CCC(=O)CC1. The van der Waals surface area contributed by atoms with Crippen LogP contribution < -0.4 is 10.1 Å². The highest BCUT2D eigenvalue weighted by Gasteiger charge is 2.25. The molecule has 0 unspecified atom stereocenters. The Bertz CT molecular complexity index is 491. The largest absolute Gasteiger partial charge is 0.495 e. The molecular formula is C14H16ClNO3. The number of amides is 1. The number of benzene rings is 1. The third kappa shape index (κ3) is 3.47. The molecule has 0 radical (unpaired) electrons. The summed E-state index contributed by atoms with van der Waals surface area (Å²) in [5.74, 6) is 0.628. The van der Waals surface area contributed by atoms with Gasteiger partial charge in [-0.05, 0) is 31.0 Å². The minimum absolute atomic E-state index is 0.0759. The molecule has 1 aliphatic carbocycles. The van der Waals surface area contributed by atoms with Gasteiger partial charge in [0, 0.05) is 23.8 Å². The molecule has 0 atom stereocenters. The lowest BCUT2D eigenvalue weighted by Gasteiger charge is -2.20. The molecule has 0 aromatic heterocycles. The van der Waals surface area contributed by atoms with E-state index in [9.17, 15) is 9.59 Å². The molecule has 1 aliphatic rings. The van der Waals surface area contributed by atoms with E-state index in [-0.39, 0.29) is 17.6 Å². The Labute approximate surface area is 117 Å². The number of hydrogen-bond donors (Lipinski definition) is 1. The Morgan fingerprint density at radius 2 is 2.05 bits per heavy atom. The second-order valence-electron chi connectivity index (χ2n) is 4.65. The molecule has 1 aromatic rings. The normalized spacial score (nSPS) is 16.2. The van der Waals surface area contributed by atoms with Crippen LogP contribution in [0, 0.1) is 5.92 Å². The fourth-order valence-corrected chi connectivity index (χ4v) is 2.39. The molecule has 2 rings (SSSR count). The van der Waals surface area contributed by atoms with Gasteiger partial charge in [-0.1, -0.05) is 11.6 Å². The lowest BCUT2D eigenvalue weighted by molar-refractivity contribution is -0.125. The number of Topliss-reactive ketones (excluding diaryl/α,β-unsaturated/α-hetero) is 1. The number of carbonyl (C=O) groups excluding carboxylic acids is 2. The van der Waals surface area contributed by atoms with Gasteiger partial charge in [-0.2, -0.15) is 0 Å². The van der Waals surface area contributed by atoms with Crippen molar-refractivity contribution in [2.45, 2.75) is 25.7 Å². The van der Waals surface area contributed by atoms with Crippen molar-refractivity contribution in [3.63, 3.8) is 0 Å². The van der Waals surface area contributed by atoms with Crippen LogP contribution in [0.25, 0.3) is 0 Å². The van der Waals surface area contributed by atoms with E-state index >= 15 is 0 Å². The lowest BCUT2D eigenvalue weighted by atomic mass is 9.88. The van der Waals surface area contributed by atoms with Crippen LogP contribution >= 0.6 is 11.6 Å². The van der Waals surface area contributed by atoms with Crippen LogP contribution in [-0.4, -0.2) is 18.8 Å².